The SMILES string of the molecule is Cc1cc(N2CCNC2=O)ccc1-n1nc(-c2cccc3nn(C[C@H](O)c4ccccc4)cc23)c(C(C)C)c1C. The van der Waals surface area contributed by atoms with E-state index < -0.39 is 6.10 Å². The fourth-order valence-electron chi connectivity index (χ4n) is 5.75. The number of benzene rings is 3. The average molecular weight is 535 g/mol. The van der Waals surface area contributed by atoms with E-state index in [4.69, 9.17) is 10.2 Å². The van der Waals surface area contributed by atoms with E-state index in [1.54, 1.807) is 4.90 Å². The van der Waals surface area contributed by atoms with Gasteiger partial charge in [-0.2, -0.15) is 10.2 Å². The van der Waals surface area contributed by atoms with Gasteiger partial charge in [-0.3, -0.25) is 9.58 Å². The molecule has 2 amide bonds. The summed E-state index contributed by atoms with van der Waals surface area (Å²) >= 11 is 0. The van der Waals surface area contributed by atoms with Crippen LogP contribution in [0.1, 0.15) is 48.3 Å². The number of aliphatic hydroxyl groups is 1. The van der Waals surface area contributed by atoms with Crippen LogP contribution in [0.2, 0.25) is 0 Å². The zero-order chi connectivity index (χ0) is 28.0. The van der Waals surface area contributed by atoms with E-state index in [0.29, 0.717) is 19.6 Å². The molecule has 0 bridgehead atoms. The summed E-state index contributed by atoms with van der Waals surface area (Å²) in [4.78, 5) is 14.0. The Hall–Kier alpha value is -4.43. The number of anilines is 1. The highest BCUT2D eigenvalue weighted by atomic mass is 16.3. The van der Waals surface area contributed by atoms with Crippen molar-refractivity contribution in [3.8, 4) is 16.9 Å². The summed E-state index contributed by atoms with van der Waals surface area (Å²) in [7, 11) is 0. The van der Waals surface area contributed by atoms with E-state index in [-0.39, 0.29) is 11.9 Å². The lowest BCUT2D eigenvalue weighted by Crippen LogP contribution is -2.27. The van der Waals surface area contributed by atoms with E-state index in [1.165, 1.54) is 5.56 Å². The minimum Gasteiger partial charge on any atom is -0.386 e. The molecular weight excluding hydrogens is 500 g/mol. The van der Waals surface area contributed by atoms with Crippen LogP contribution in [0, 0.1) is 13.8 Å². The van der Waals surface area contributed by atoms with Gasteiger partial charge in [0, 0.05) is 47.2 Å². The molecule has 8 nitrogen and oxygen atoms in total. The molecule has 1 saturated heterocycles. The highest BCUT2D eigenvalue weighted by Crippen LogP contribution is 2.37. The standard InChI is InChI=1S/C32H34N6O2/c1-20(2)30-22(4)38(28-14-13-24(17-21(28)3)37-16-15-33-32(37)40)35-31(30)25-11-8-12-27-26(25)18-36(34-27)19-29(39)23-9-6-5-7-10-23/h5-14,17-18,20,29,39H,15-16,19H2,1-4H3,(H,33,40)/t29-/m0/s1. The number of aryl methyl sites for hydroxylation is 1. The van der Waals surface area contributed by atoms with Crippen molar-refractivity contribution in [3.63, 3.8) is 0 Å². The largest absolute Gasteiger partial charge is 0.386 e. The van der Waals surface area contributed by atoms with Crippen LogP contribution in [-0.2, 0) is 6.54 Å². The first-order chi connectivity index (χ1) is 19.3. The second-order valence-electron chi connectivity index (χ2n) is 10.8. The Bertz CT molecular complexity index is 1700. The normalized spacial score (nSPS) is 14.3. The second kappa shape index (κ2) is 10.3. The molecule has 6 rings (SSSR count). The third kappa shape index (κ3) is 4.54. The van der Waals surface area contributed by atoms with Gasteiger partial charge >= 0.3 is 6.03 Å². The van der Waals surface area contributed by atoms with Gasteiger partial charge in [0.15, 0.2) is 0 Å². The zero-order valence-corrected chi connectivity index (χ0v) is 23.3. The van der Waals surface area contributed by atoms with Crippen LogP contribution in [0.25, 0.3) is 27.8 Å². The van der Waals surface area contributed by atoms with Crippen molar-refractivity contribution in [2.24, 2.45) is 0 Å². The first-order valence-corrected chi connectivity index (χ1v) is 13.8. The van der Waals surface area contributed by atoms with Crippen molar-refractivity contribution in [1.82, 2.24) is 24.9 Å². The molecule has 40 heavy (non-hydrogen) atoms. The average Bonchev–Trinajstić information content (AvgIpc) is 3.65. The quantitative estimate of drug-likeness (QED) is 0.272. The molecule has 5 aromatic rings. The maximum Gasteiger partial charge on any atom is 0.321 e. The van der Waals surface area contributed by atoms with Crippen LogP contribution in [0.3, 0.4) is 0 Å². The number of urea groups is 1. The van der Waals surface area contributed by atoms with E-state index in [1.807, 2.05) is 70.2 Å². The number of hydrogen-bond acceptors (Lipinski definition) is 4. The predicted molar refractivity (Wildman–Crippen MR) is 158 cm³/mol. The van der Waals surface area contributed by atoms with Crippen molar-refractivity contribution >= 4 is 22.6 Å². The Morgan fingerprint density at radius 3 is 2.50 bits per heavy atom. The lowest BCUT2D eigenvalue weighted by Gasteiger charge is -2.17. The molecule has 204 valence electrons. The maximum atomic E-state index is 12.2. The molecule has 0 aliphatic carbocycles. The number of fused-ring (bicyclic) bond motifs is 1. The minimum absolute atomic E-state index is 0.0586. The Kier molecular flexibility index (Phi) is 6.64. The molecule has 1 fully saturated rings. The number of nitrogens with one attached hydrogen (secondary N) is 1. The number of carbonyl (C=O) groups excluding carboxylic acids is 1. The van der Waals surface area contributed by atoms with E-state index in [0.717, 1.165) is 50.4 Å². The van der Waals surface area contributed by atoms with Gasteiger partial charge < -0.3 is 10.4 Å². The molecule has 0 saturated carbocycles. The van der Waals surface area contributed by atoms with Crippen molar-refractivity contribution in [2.75, 3.05) is 18.0 Å². The summed E-state index contributed by atoms with van der Waals surface area (Å²) in [6.07, 6.45) is 1.36. The number of nitrogens with zero attached hydrogens (tertiary/aromatic N) is 5. The lowest BCUT2D eigenvalue weighted by molar-refractivity contribution is 0.152. The minimum atomic E-state index is -0.649. The van der Waals surface area contributed by atoms with Gasteiger partial charge in [0.1, 0.15) is 0 Å². The molecule has 1 aliphatic rings. The summed E-state index contributed by atoms with van der Waals surface area (Å²) in [5.41, 5.74) is 8.88. The number of hydrogen-bond donors (Lipinski definition) is 2. The highest BCUT2D eigenvalue weighted by Gasteiger charge is 2.25. The maximum absolute atomic E-state index is 12.2. The third-order valence-corrected chi connectivity index (χ3v) is 7.71. The van der Waals surface area contributed by atoms with Crippen molar-refractivity contribution < 1.29 is 9.90 Å². The molecule has 0 spiro atoms. The number of rotatable bonds is 7. The Morgan fingerprint density at radius 2 is 1.80 bits per heavy atom. The van der Waals surface area contributed by atoms with Crippen LogP contribution >= 0.6 is 0 Å². The van der Waals surface area contributed by atoms with Crippen molar-refractivity contribution in [3.05, 3.63) is 95.3 Å². The first-order valence-electron chi connectivity index (χ1n) is 13.8. The molecule has 1 atom stereocenters. The molecule has 2 N–H and O–H groups in total. The fourth-order valence-corrected chi connectivity index (χ4v) is 5.75. The topological polar surface area (TPSA) is 88.2 Å². The molecule has 0 radical (unpaired) electrons. The van der Waals surface area contributed by atoms with Crippen LogP contribution < -0.4 is 10.2 Å². The van der Waals surface area contributed by atoms with Crippen molar-refractivity contribution in [1.29, 1.82) is 0 Å². The molecular formula is C32H34N6O2. The predicted octanol–water partition coefficient (Wildman–Crippen LogP) is 5.89. The fraction of sp³-hybridized carbons (Fsp3) is 0.281. The van der Waals surface area contributed by atoms with E-state index in [9.17, 15) is 9.90 Å². The van der Waals surface area contributed by atoms with E-state index in [2.05, 4.69) is 45.1 Å². The highest BCUT2D eigenvalue weighted by molar-refractivity contribution is 5.95. The zero-order valence-electron chi connectivity index (χ0n) is 23.3. The first kappa shape index (κ1) is 25.8. The number of amides is 2. The van der Waals surface area contributed by atoms with Gasteiger partial charge in [0.25, 0.3) is 0 Å². The van der Waals surface area contributed by atoms with Gasteiger partial charge in [0.2, 0.25) is 0 Å². The number of aliphatic hydroxyl groups excluding tert-OH is 1. The molecule has 2 aromatic heterocycles. The Morgan fingerprint density at radius 1 is 1.00 bits per heavy atom. The van der Waals surface area contributed by atoms with Gasteiger partial charge in [0.05, 0.1) is 29.5 Å². The monoisotopic (exact) mass is 534 g/mol. The Labute approximate surface area is 233 Å². The lowest BCUT2D eigenvalue weighted by atomic mass is 9.95. The number of carbonyl (C=O) groups is 1. The molecule has 3 aromatic carbocycles. The molecule has 3 heterocycles. The summed E-state index contributed by atoms with van der Waals surface area (Å²) in [5, 5.41) is 24.6. The number of aromatic nitrogens is 4. The van der Waals surface area contributed by atoms with Gasteiger partial charge in [-0.15, -0.1) is 0 Å². The summed E-state index contributed by atoms with van der Waals surface area (Å²) in [6, 6.07) is 21.8. The van der Waals surface area contributed by atoms with Gasteiger partial charge in [-0.25, -0.2) is 9.48 Å². The van der Waals surface area contributed by atoms with Gasteiger partial charge in [-0.1, -0.05) is 56.3 Å². The van der Waals surface area contributed by atoms with E-state index >= 15 is 0 Å². The Balaban J connectivity index is 1.40. The van der Waals surface area contributed by atoms with Crippen LogP contribution in [0.4, 0.5) is 10.5 Å². The van der Waals surface area contributed by atoms with Crippen LogP contribution in [0.15, 0.2) is 72.9 Å². The molecule has 1 aliphatic heterocycles. The summed E-state index contributed by atoms with van der Waals surface area (Å²) in [5.74, 6) is 0.252. The third-order valence-electron chi connectivity index (χ3n) is 7.71. The van der Waals surface area contributed by atoms with Crippen LogP contribution in [0.5, 0.6) is 0 Å². The summed E-state index contributed by atoms with van der Waals surface area (Å²) in [6.45, 7) is 10.3. The van der Waals surface area contributed by atoms with Gasteiger partial charge in [-0.05, 0) is 55.2 Å². The smallest absolute Gasteiger partial charge is 0.321 e. The molecule has 8 heteroatoms. The van der Waals surface area contributed by atoms with Crippen LogP contribution in [-0.4, -0.2) is 43.8 Å². The summed E-state index contributed by atoms with van der Waals surface area (Å²) < 4.78 is 3.85. The van der Waals surface area contributed by atoms with Crippen molar-refractivity contribution in [2.45, 2.75) is 46.3 Å². The second-order valence-corrected chi connectivity index (χ2v) is 10.8. The molecule has 0 unspecified atom stereocenters.